The molecule has 1 aliphatic rings. The van der Waals surface area contributed by atoms with Crippen molar-refractivity contribution in [3.05, 3.63) is 63.5 Å². The quantitative estimate of drug-likeness (QED) is 0.700. The number of hydrogen-bond donors (Lipinski definition) is 1. The average molecular weight is 378 g/mol. The number of carbonyl (C=O) groups excluding carboxylic acids is 2. The molecule has 27 heavy (non-hydrogen) atoms. The highest BCUT2D eigenvalue weighted by Crippen LogP contribution is 2.36. The summed E-state index contributed by atoms with van der Waals surface area (Å²) in [5.74, 6) is -1.20. The molecule has 1 aromatic carbocycles. The van der Waals surface area contributed by atoms with Gasteiger partial charge in [0.25, 0.3) is 5.91 Å². The number of para-hydroxylation sites is 1. The van der Waals surface area contributed by atoms with Crippen molar-refractivity contribution >= 4 is 45.8 Å². The van der Waals surface area contributed by atoms with Crippen LogP contribution in [-0.2, 0) is 16.0 Å². The molecule has 0 fully saturated rings. The number of aromatic nitrogens is 1. The smallest absolute Gasteiger partial charge is 0.339 e. The first-order valence-electron chi connectivity index (χ1n) is 8.75. The Bertz CT molecular complexity index is 1050. The summed E-state index contributed by atoms with van der Waals surface area (Å²) < 4.78 is 5.15. The Morgan fingerprint density at radius 2 is 2.04 bits per heavy atom. The Balaban J connectivity index is 1.89. The van der Waals surface area contributed by atoms with Gasteiger partial charge in [0, 0.05) is 10.3 Å². The van der Waals surface area contributed by atoms with Crippen LogP contribution in [0.2, 0.25) is 0 Å². The van der Waals surface area contributed by atoms with E-state index in [9.17, 15) is 9.59 Å². The van der Waals surface area contributed by atoms with Crippen molar-refractivity contribution in [3.63, 3.8) is 0 Å². The molecule has 0 aliphatic heterocycles. The number of thiophene rings is 1. The van der Waals surface area contributed by atoms with Crippen molar-refractivity contribution in [3.8, 4) is 0 Å². The van der Waals surface area contributed by atoms with Crippen molar-refractivity contribution in [1.29, 1.82) is 0 Å². The Morgan fingerprint density at radius 1 is 1.19 bits per heavy atom. The molecule has 4 rings (SSSR count). The topological polar surface area (TPSA) is 82.3 Å². The lowest BCUT2D eigenvalue weighted by molar-refractivity contribution is -0.121. The Labute approximate surface area is 160 Å². The maximum atomic E-state index is 12.8. The van der Waals surface area contributed by atoms with Gasteiger partial charge in [-0.1, -0.05) is 24.3 Å². The molecule has 136 valence electrons. The molecule has 0 bridgehead atoms. The van der Waals surface area contributed by atoms with Gasteiger partial charge in [-0.15, -0.1) is 11.3 Å². The predicted octanol–water partition coefficient (Wildman–Crippen LogP) is 3.82. The fraction of sp³-hybridized carbons (Fsp3) is 0.190. The fourth-order valence-electron chi connectivity index (χ4n) is 3.46. The molecule has 2 aromatic heterocycles. The summed E-state index contributed by atoms with van der Waals surface area (Å²) in [7, 11) is 0. The normalized spacial score (nSPS) is 14.9. The third-order valence-electron chi connectivity index (χ3n) is 4.58. The lowest BCUT2D eigenvalue weighted by Crippen LogP contribution is -2.22. The van der Waals surface area contributed by atoms with E-state index in [4.69, 9.17) is 15.5 Å². The second-order valence-corrected chi connectivity index (χ2v) is 7.39. The van der Waals surface area contributed by atoms with Gasteiger partial charge in [0.05, 0.1) is 16.8 Å². The number of primary amides is 1. The first-order chi connectivity index (χ1) is 13.1. The van der Waals surface area contributed by atoms with E-state index < -0.39 is 18.5 Å². The lowest BCUT2D eigenvalue weighted by Gasteiger charge is -2.22. The molecule has 0 saturated heterocycles. The summed E-state index contributed by atoms with van der Waals surface area (Å²) in [6, 6.07) is 11.6. The Morgan fingerprint density at radius 3 is 2.81 bits per heavy atom. The summed E-state index contributed by atoms with van der Waals surface area (Å²) in [6.45, 7) is -0.428. The highest BCUT2D eigenvalue weighted by molar-refractivity contribution is 7.10. The van der Waals surface area contributed by atoms with Crippen molar-refractivity contribution in [1.82, 2.24) is 4.98 Å². The Kier molecular flexibility index (Phi) is 4.73. The third-order valence-corrected chi connectivity index (χ3v) is 5.40. The molecule has 2 heterocycles. The molecule has 1 aliphatic carbocycles. The molecule has 0 radical (unpaired) electrons. The van der Waals surface area contributed by atoms with Crippen LogP contribution in [0.4, 0.5) is 0 Å². The second-order valence-electron chi connectivity index (χ2n) is 6.41. The van der Waals surface area contributed by atoms with E-state index >= 15 is 0 Å². The van der Waals surface area contributed by atoms with E-state index in [2.05, 4.69) is 12.1 Å². The van der Waals surface area contributed by atoms with Crippen LogP contribution >= 0.6 is 11.3 Å². The van der Waals surface area contributed by atoms with Crippen LogP contribution < -0.4 is 5.73 Å². The van der Waals surface area contributed by atoms with Gasteiger partial charge < -0.3 is 10.5 Å². The first-order valence-corrected chi connectivity index (χ1v) is 9.63. The number of nitrogens with zero attached hydrogens (tertiary/aromatic N) is 1. The number of ether oxygens (including phenoxy) is 1. The molecule has 1 amide bonds. The summed E-state index contributed by atoms with van der Waals surface area (Å²) in [6.07, 6.45) is 4.73. The second kappa shape index (κ2) is 7.32. The third kappa shape index (κ3) is 3.48. The summed E-state index contributed by atoms with van der Waals surface area (Å²) in [4.78, 5) is 29.8. The molecular formula is C21H18N2O3S. The van der Waals surface area contributed by atoms with Gasteiger partial charge in [-0.3, -0.25) is 4.79 Å². The van der Waals surface area contributed by atoms with Crippen molar-refractivity contribution in [2.24, 2.45) is 5.73 Å². The van der Waals surface area contributed by atoms with Crippen molar-refractivity contribution < 1.29 is 14.3 Å². The fourth-order valence-corrected chi connectivity index (χ4v) is 4.14. The number of benzene rings is 1. The molecular weight excluding hydrogens is 360 g/mol. The van der Waals surface area contributed by atoms with E-state index in [-0.39, 0.29) is 0 Å². The van der Waals surface area contributed by atoms with Crippen LogP contribution in [0.25, 0.3) is 22.6 Å². The number of carbonyl (C=O) groups is 2. The van der Waals surface area contributed by atoms with Crippen LogP contribution in [0.1, 0.15) is 39.3 Å². The largest absolute Gasteiger partial charge is 0.452 e. The van der Waals surface area contributed by atoms with Crippen LogP contribution in [0.15, 0.2) is 41.8 Å². The minimum Gasteiger partial charge on any atom is -0.452 e. The number of rotatable bonds is 4. The Hall–Kier alpha value is -2.99. The molecule has 0 saturated carbocycles. The number of pyridine rings is 1. The highest BCUT2D eigenvalue weighted by Gasteiger charge is 2.26. The van der Waals surface area contributed by atoms with Gasteiger partial charge in [0.1, 0.15) is 0 Å². The maximum absolute atomic E-state index is 12.8. The van der Waals surface area contributed by atoms with Crippen molar-refractivity contribution in [2.45, 2.75) is 19.3 Å². The van der Waals surface area contributed by atoms with Crippen LogP contribution in [0, 0.1) is 0 Å². The van der Waals surface area contributed by atoms with Gasteiger partial charge in [-0.2, -0.15) is 0 Å². The molecule has 0 spiro atoms. The lowest BCUT2D eigenvalue weighted by atomic mass is 9.86. The van der Waals surface area contributed by atoms with Crippen LogP contribution in [0.3, 0.4) is 0 Å². The van der Waals surface area contributed by atoms with Gasteiger partial charge in [-0.25, -0.2) is 9.78 Å². The number of fused-ring (bicyclic) bond motifs is 2. The minimum absolute atomic E-state index is 0.428. The van der Waals surface area contributed by atoms with Crippen LogP contribution in [-0.4, -0.2) is 23.5 Å². The molecule has 6 heteroatoms. The highest BCUT2D eigenvalue weighted by atomic mass is 32.1. The number of nitrogens with two attached hydrogens (primary N) is 1. The van der Waals surface area contributed by atoms with Crippen LogP contribution in [0.5, 0.6) is 0 Å². The van der Waals surface area contributed by atoms with E-state index in [1.807, 2.05) is 35.7 Å². The van der Waals surface area contributed by atoms with Crippen molar-refractivity contribution in [2.75, 3.05) is 6.61 Å². The first kappa shape index (κ1) is 17.4. The molecule has 0 unspecified atom stereocenters. The summed E-state index contributed by atoms with van der Waals surface area (Å²) >= 11 is 1.67. The molecule has 0 atom stereocenters. The van der Waals surface area contributed by atoms with E-state index in [1.54, 1.807) is 11.3 Å². The predicted molar refractivity (Wildman–Crippen MR) is 106 cm³/mol. The molecule has 5 nitrogen and oxygen atoms in total. The summed E-state index contributed by atoms with van der Waals surface area (Å²) in [5.41, 5.74) is 9.21. The number of esters is 1. The minimum atomic E-state index is -0.672. The number of allylic oxidation sites excluding steroid dienone is 1. The number of hydrogen-bond acceptors (Lipinski definition) is 5. The zero-order chi connectivity index (χ0) is 18.8. The maximum Gasteiger partial charge on any atom is 0.339 e. The average Bonchev–Trinajstić information content (AvgIpc) is 3.18. The molecule has 2 N–H and O–H groups in total. The van der Waals surface area contributed by atoms with E-state index in [0.717, 1.165) is 51.9 Å². The number of amides is 1. The standard InChI is InChI=1S/C21H18N2O3S/c22-18(24)12-26-21(25)19-15-7-1-2-9-17(15)23-20-13(5-3-8-16(19)20)11-14-6-4-10-27-14/h1-2,4,6-7,9-11H,3,5,8,12H2,(H2,22,24). The van der Waals surface area contributed by atoms with E-state index in [1.165, 1.54) is 0 Å². The van der Waals surface area contributed by atoms with Gasteiger partial charge in [0.2, 0.25) is 0 Å². The summed E-state index contributed by atoms with van der Waals surface area (Å²) in [5, 5.41) is 2.78. The molecule has 3 aromatic rings. The van der Waals surface area contributed by atoms with Gasteiger partial charge in [0.15, 0.2) is 6.61 Å². The monoisotopic (exact) mass is 378 g/mol. The van der Waals surface area contributed by atoms with Gasteiger partial charge >= 0.3 is 5.97 Å². The zero-order valence-electron chi connectivity index (χ0n) is 14.6. The zero-order valence-corrected chi connectivity index (χ0v) is 15.4. The van der Waals surface area contributed by atoms with E-state index in [0.29, 0.717) is 5.56 Å². The van der Waals surface area contributed by atoms with Gasteiger partial charge in [-0.05, 0) is 54.0 Å². The SMILES string of the molecule is NC(=O)COC(=O)c1c2c(nc3ccccc13)C(=Cc1cccs1)CCC2.